The van der Waals surface area contributed by atoms with Gasteiger partial charge in [-0.1, -0.05) is 48.9 Å². The van der Waals surface area contributed by atoms with Crippen molar-refractivity contribution < 1.29 is 4.79 Å². The number of fused-ring (bicyclic) bond motifs is 2. The largest absolute Gasteiger partial charge is 0.338 e. The molecule has 2 heterocycles. The lowest BCUT2D eigenvalue weighted by Gasteiger charge is -2.08. The van der Waals surface area contributed by atoms with Gasteiger partial charge in [0.25, 0.3) is 5.91 Å². The predicted molar refractivity (Wildman–Crippen MR) is 121 cm³/mol. The molecular formula is C24H21ClN4O. The Hall–Kier alpha value is -3.15. The molecule has 0 radical (unpaired) electrons. The average molecular weight is 417 g/mol. The summed E-state index contributed by atoms with van der Waals surface area (Å²) < 4.78 is 0. The van der Waals surface area contributed by atoms with Crippen LogP contribution < -0.4 is 10.6 Å². The summed E-state index contributed by atoms with van der Waals surface area (Å²) in [5.41, 5.74) is 7.27. The van der Waals surface area contributed by atoms with Gasteiger partial charge in [-0.3, -0.25) is 4.79 Å². The van der Waals surface area contributed by atoms with E-state index in [1.54, 1.807) is 12.1 Å². The zero-order valence-corrected chi connectivity index (χ0v) is 17.3. The molecular weight excluding hydrogens is 396 g/mol. The Kier molecular flexibility index (Phi) is 4.77. The number of halogens is 1. The van der Waals surface area contributed by atoms with Crippen molar-refractivity contribution in [2.24, 2.45) is 0 Å². The van der Waals surface area contributed by atoms with E-state index in [1.807, 2.05) is 30.3 Å². The number of rotatable bonds is 4. The van der Waals surface area contributed by atoms with Crippen LogP contribution in [0.3, 0.4) is 0 Å². The molecule has 1 amide bonds. The quantitative estimate of drug-likeness (QED) is 0.422. The van der Waals surface area contributed by atoms with Crippen molar-refractivity contribution in [2.45, 2.75) is 26.4 Å². The fourth-order valence-electron chi connectivity index (χ4n) is 3.86. The van der Waals surface area contributed by atoms with Crippen molar-refractivity contribution in [3.8, 4) is 11.4 Å². The number of aromatic amines is 1. The van der Waals surface area contributed by atoms with E-state index in [0.717, 1.165) is 36.3 Å². The van der Waals surface area contributed by atoms with Gasteiger partial charge in [-0.15, -0.1) is 0 Å². The van der Waals surface area contributed by atoms with Crippen molar-refractivity contribution in [3.05, 3.63) is 81.9 Å². The lowest BCUT2D eigenvalue weighted by molar-refractivity contribution is 0.102. The molecule has 3 N–H and O–H groups in total. The predicted octanol–water partition coefficient (Wildman–Crippen LogP) is 5.30. The van der Waals surface area contributed by atoms with Gasteiger partial charge in [0.05, 0.1) is 11.1 Å². The molecule has 1 aliphatic heterocycles. The summed E-state index contributed by atoms with van der Waals surface area (Å²) in [6.07, 6.45) is 0.985. The maximum atomic E-state index is 13.1. The van der Waals surface area contributed by atoms with E-state index < -0.39 is 0 Å². The lowest BCUT2D eigenvalue weighted by Crippen LogP contribution is -2.13. The molecule has 5 nitrogen and oxygen atoms in total. The van der Waals surface area contributed by atoms with Crippen molar-refractivity contribution in [1.29, 1.82) is 0 Å². The number of carbonyl (C=O) groups excluding carboxylic acids is 1. The Morgan fingerprint density at radius 1 is 1.07 bits per heavy atom. The Balaban J connectivity index is 1.50. The highest BCUT2D eigenvalue weighted by molar-refractivity contribution is 6.32. The number of anilines is 1. The molecule has 3 aromatic carbocycles. The maximum Gasteiger partial charge on any atom is 0.257 e. The van der Waals surface area contributed by atoms with Crippen LogP contribution in [-0.4, -0.2) is 15.9 Å². The van der Waals surface area contributed by atoms with Crippen LogP contribution in [0.15, 0.2) is 54.6 Å². The molecule has 1 aliphatic rings. The Morgan fingerprint density at radius 3 is 2.67 bits per heavy atom. The van der Waals surface area contributed by atoms with Gasteiger partial charge < -0.3 is 15.6 Å². The second kappa shape index (κ2) is 7.59. The molecule has 0 saturated heterocycles. The fourth-order valence-corrected chi connectivity index (χ4v) is 4.08. The normalized spacial score (nSPS) is 12.9. The van der Waals surface area contributed by atoms with Gasteiger partial charge in [-0.05, 0) is 47.4 Å². The fraction of sp³-hybridized carbons (Fsp3) is 0.167. The number of nitrogens with one attached hydrogen (secondary N) is 3. The van der Waals surface area contributed by atoms with Crippen LogP contribution >= 0.6 is 11.6 Å². The third-order valence-corrected chi connectivity index (χ3v) is 5.74. The first-order chi connectivity index (χ1) is 14.6. The minimum Gasteiger partial charge on any atom is -0.338 e. The Bertz CT molecular complexity index is 1260. The first-order valence-electron chi connectivity index (χ1n) is 10.0. The summed E-state index contributed by atoms with van der Waals surface area (Å²) >= 11 is 6.31. The Labute approximate surface area is 179 Å². The molecule has 0 aliphatic carbocycles. The van der Waals surface area contributed by atoms with Crippen LogP contribution in [0.1, 0.15) is 34.0 Å². The van der Waals surface area contributed by atoms with E-state index >= 15 is 0 Å². The summed E-state index contributed by atoms with van der Waals surface area (Å²) in [4.78, 5) is 21.1. The second-order valence-electron chi connectivity index (χ2n) is 7.53. The third-order valence-electron chi connectivity index (χ3n) is 5.53. The van der Waals surface area contributed by atoms with Crippen molar-refractivity contribution >= 4 is 34.2 Å². The van der Waals surface area contributed by atoms with Crippen molar-refractivity contribution in [1.82, 2.24) is 15.3 Å². The number of benzene rings is 3. The number of hydrogen-bond acceptors (Lipinski definition) is 3. The van der Waals surface area contributed by atoms with E-state index in [2.05, 4.69) is 34.7 Å². The standard InChI is InChI=1S/C24H21ClN4O/c1-2-14-3-5-15(6-4-14)23-28-21-11-18(25)10-20(22(21)29-23)24(30)27-19-8-7-16-12-26-13-17(16)9-19/h3-11,26H,2,12-13H2,1H3,(H,27,30)(H,28,29). The number of aromatic nitrogens is 2. The monoisotopic (exact) mass is 416 g/mol. The third kappa shape index (κ3) is 3.47. The van der Waals surface area contributed by atoms with E-state index in [9.17, 15) is 4.79 Å². The molecule has 4 aromatic rings. The Morgan fingerprint density at radius 2 is 1.87 bits per heavy atom. The summed E-state index contributed by atoms with van der Waals surface area (Å²) in [6.45, 7) is 3.81. The minimum atomic E-state index is -0.229. The van der Waals surface area contributed by atoms with Gasteiger partial charge in [-0.2, -0.15) is 0 Å². The van der Waals surface area contributed by atoms with E-state index in [4.69, 9.17) is 16.6 Å². The van der Waals surface area contributed by atoms with Gasteiger partial charge in [0, 0.05) is 29.4 Å². The molecule has 0 spiro atoms. The summed E-state index contributed by atoms with van der Waals surface area (Å²) in [5.74, 6) is 0.486. The van der Waals surface area contributed by atoms with Gasteiger partial charge >= 0.3 is 0 Å². The van der Waals surface area contributed by atoms with Crippen LogP contribution in [-0.2, 0) is 19.5 Å². The van der Waals surface area contributed by atoms with E-state index in [-0.39, 0.29) is 5.91 Å². The first-order valence-corrected chi connectivity index (χ1v) is 10.4. The number of amides is 1. The zero-order chi connectivity index (χ0) is 20.7. The summed E-state index contributed by atoms with van der Waals surface area (Å²) in [6, 6.07) is 17.7. The average Bonchev–Trinajstić information content (AvgIpc) is 3.39. The van der Waals surface area contributed by atoms with Crippen molar-refractivity contribution in [3.63, 3.8) is 0 Å². The van der Waals surface area contributed by atoms with E-state index in [1.165, 1.54) is 16.7 Å². The number of H-pyrrole nitrogens is 1. The lowest BCUT2D eigenvalue weighted by atomic mass is 10.1. The number of aryl methyl sites for hydroxylation is 1. The van der Waals surface area contributed by atoms with Gasteiger partial charge in [0.15, 0.2) is 0 Å². The molecule has 0 saturated carbocycles. The first kappa shape index (κ1) is 18.9. The van der Waals surface area contributed by atoms with Crippen LogP contribution in [0, 0.1) is 0 Å². The topological polar surface area (TPSA) is 69.8 Å². The van der Waals surface area contributed by atoms with Crippen molar-refractivity contribution in [2.75, 3.05) is 5.32 Å². The second-order valence-corrected chi connectivity index (χ2v) is 7.96. The smallest absolute Gasteiger partial charge is 0.257 e. The minimum absolute atomic E-state index is 0.229. The summed E-state index contributed by atoms with van der Waals surface area (Å²) in [7, 11) is 0. The van der Waals surface area contributed by atoms with Gasteiger partial charge in [-0.25, -0.2) is 4.98 Å². The molecule has 0 bridgehead atoms. The zero-order valence-electron chi connectivity index (χ0n) is 16.6. The van der Waals surface area contributed by atoms with Gasteiger partial charge in [0.2, 0.25) is 0 Å². The highest BCUT2D eigenvalue weighted by atomic mass is 35.5. The molecule has 30 heavy (non-hydrogen) atoms. The SMILES string of the molecule is CCc1ccc(-c2nc3c(C(=O)Nc4ccc5c(c4)CNC5)cc(Cl)cc3[nH]2)cc1. The molecule has 6 heteroatoms. The molecule has 0 fully saturated rings. The number of hydrogen-bond donors (Lipinski definition) is 3. The van der Waals surface area contributed by atoms with Crippen LogP contribution in [0.25, 0.3) is 22.4 Å². The molecule has 150 valence electrons. The van der Waals surface area contributed by atoms with Gasteiger partial charge in [0.1, 0.15) is 11.3 Å². The van der Waals surface area contributed by atoms with E-state index in [0.29, 0.717) is 21.9 Å². The maximum absolute atomic E-state index is 13.1. The van der Waals surface area contributed by atoms with Crippen LogP contribution in [0.5, 0.6) is 0 Å². The highest BCUT2D eigenvalue weighted by Gasteiger charge is 2.17. The van der Waals surface area contributed by atoms with Crippen LogP contribution in [0.2, 0.25) is 5.02 Å². The van der Waals surface area contributed by atoms with Crippen LogP contribution in [0.4, 0.5) is 5.69 Å². The summed E-state index contributed by atoms with van der Waals surface area (Å²) in [5, 5.41) is 6.79. The molecule has 0 atom stereocenters. The molecule has 1 aromatic heterocycles. The molecule has 0 unspecified atom stereocenters. The molecule has 5 rings (SSSR count). The highest BCUT2D eigenvalue weighted by Crippen LogP contribution is 2.28. The number of nitrogens with zero attached hydrogens (tertiary/aromatic N) is 1. The number of imidazole rings is 1. The number of carbonyl (C=O) groups is 1.